The first-order chi connectivity index (χ1) is 7.43. The van der Waals surface area contributed by atoms with Crippen molar-refractivity contribution in [2.24, 2.45) is 5.73 Å². The zero-order valence-corrected chi connectivity index (χ0v) is 12.7. The summed E-state index contributed by atoms with van der Waals surface area (Å²) in [5, 5.41) is 2.60. The largest absolute Gasteiger partial charge is 0.352 e. The molecule has 0 rings (SSSR count). The Labute approximate surface area is 107 Å². The molecule has 0 saturated heterocycles. The quantitative estimate of drug-likeness (QED) is 0.725. The van der Waals surface area contributed by atoms with Crippen LogP contribution in [0.2, 0.25) is 0 Å². The molecule has 0 saturated carbocycles. The lowest BCUT2D eigenvalue weighted by Crippen LogP contribution is -2.47. The second-order valence-electron chi connectivity index (χ2n) is 5.25. The number of hydrogen-bond acceptors (Lipinski definition) is 4. The Morgan fingerprint density at radius 2 is 1.71 bits per heavy atom. The Balaban J connectivity index is 4.62. The molecular weight excluding hydrogens is 260 g/mol. The van der Waals surface area contributed by atoms with Crippen LogP contribution in [0.3, 0.4) is 0 Å². The van der Waals surface area contributed by atoms with Crippen molar-refractivity contribution in [3.63, 3.8) is 0 Å². The molecule has 0 aliphatic carbocycles. The Hall–Kier alpha value is -0.430. The molecular formula is C10H22N2O3S2. The predicted molar refractivity (Wildman–Crippen MR) is 72.5 cm³/mol. The van der Waals surface area contributed by atoms with E-state index in [0.29, 0.717) is 12.8 Å². The van der Waals surface area contributed by atoms with Gasteiger partial charge in [-0.2, -0.15) is 0 Å². The van der Waals surface area contributed by atoms with E-state index >= 15 is 0 Å². The summed E-state index contributed by atoms with van der Waals surface area (Å²) in [4.78, 5) is 10.8. The van der Waals surface area contributed by atoms with Crippen LogP contribution in [0.5, 0.6) is 0 Å². The Morgan fingerprint density at radius 3 is 2.06 bits per heavy atom. The molecule has 7 heteroatoms. The highest BCUT2D eigenvalue weighted by Gasteiger charge is 2.35. The van der Waals surface area contributed by atoms with Crippen molar-refractivity contribution in [1.82, 2.24) is 5.32 Å². The van der Waals surface area contributed by atoms with Gasteiger partial charge in [-0.15, -0.1) is 0 Å². The van der Waals surface area contributed by atoms with Gasteiger partial charge < -0.3 is 11.1 Å². The Kier molecular flexibility index (Phi) is 5.34. The third-order valence-corrected chi connectivity index (χ3v) is 7.38. The van der Waals surface area contributed by atoms with Crippen molar-refractivity contribution in [2.45, 2.75) is 50.8 Å². The lowest BCUT2D eigenvalue weighted by atomic mass is 9.93. The molecule has 0 spiro atoms. The highest BCUT2D eigenvalue weighted by Crippen LogP contribution is 2.32. The first kappa shape index (κ1) is 16.6. The fourth-order valence-corrected chi connectivity index (χ4v) is 3.77. The summed E-state index contributed by atoms with van der Waals surface area (Å²) >= 11 is 0. The van der Waals surface area contributed by atoms with Crippen LogP contribution in [-0.4, -0.2) is 31.0 Å². The second-order valence-corrected chi connectivity index (χ2v) is 9.92. The molecule has 102 valence electrons. The summed E-state index contributed by atoms with van der Waals surface area (Å²) in [6.07, 6.45) is 2.57. The number of carbonyl (C=O) groups excluding carboxylic acids is 1. The van der Waals surface area contributed by atoms with Crippen LogP contribution in [0, 0.1) is 0 Å². The molecule has 0 fully saturated rings. The van der Waals surface area contributed by atoms with Crippen molar-refractivity contribution in [1.29, 1.82) is 0 Å². The van der Waals surface area contributed by atoms with Crippen LogP contribution in [0.15, 0.2) is 0 Å². The minimum Gasteiger partial charge on any atom is -0.352 e. The summed E-state index contributed by atoms with van der Waals surface area (Å²) in [7, 11) is -2.32. The molecule has 0 unspecified atom stereocenters. The highest BCUT2D eigenvalue weighted by molar-refractivity contribution is 8.72. The fraction of sp³-hybridized carbons (Fsp3) is 0.900. The van der Waals surface area contributed by atoms with E-state index < -0.39 is 25.2 Å². The van der Waals surface area contributed by atoms with Crippen molar-refractivity contribution in [2.75, 3.05) is 6.26 Å². The summed E-state index contributed by atoms with van der Waals surface area (Å²) in [6, 6.07) is -0.597. The third kappa shape index (κ3) is 5.16. The van der Waals surface area contributed by atoms with Crippen molar-refractivity contribution >= 4 is 25.7 Å². The highest BCUT2D eigenvalue weighted by atomic mass is 33.1. The summed E-state index contributed by atoms with van der Waals surface area (Å²) in [5.74, 6) is 0. The van der Waals surface area contributed by atoms with Gasteiger partial charge in [0.15, 0.2) is 0 Å². The molecule has 5 nitrogen and oxygen atoms in total. The Bertz CT molecular complexity index is 375. The lowest BCUT2D eigenvalue weighted by Gasteiger charge is -2.30. The number of hydrogen-bond donors (Lipinski definition) is 2. The van der Waals surface area contributed by atoms with Crippen LogP contribution >= 0.6 is 10.8 Å². The molecule has 3 N–H and O–H groups in total. The SMILES string of the molecule is CSS(=O)(=O)C(C)(C)CCC(C)(C)NC(N)=O. The van der Waals surface area contributed by atoms with Gasteiger partial charge >= 0.3 is 6.03 Å². The molecule has 0 heterocycles. The zero-order valence-electron chi connectivity index (χ0n) is 11.0. The number of carbonyl (C=O) groups is 1. The van der Waals surface area contributed by atoms with Gasteiger partial charge in [-0.3, -0.25) is 0 Å². The molecule has 0 bridgehead atoms. The van der Waals surface area contributed by atoms with Gasteiger partial charge in [0.1, 0.15) is 0 Å². The number of amides is 2. The molecule has 0 aromatic heterocycles. The van der Waals surface area contributed by atoms with Crippen molar-refractivity contribution < 1.29 is 13.2 Å². The van der Waals surface area contributed by atoms with E-state index in [9.17, 15) is 13.2 Å². The van der Waals surface area contributed by atoms with Crippen LogP contribution < -0.4 is 11.1 Å². The first-order valence-corrected chi connectivity index (χ1v) is 8.54. The van der Waals surface area contributed by atoms with E-state index in [1.54, 1.807) is 20.1 Å². The van der Waals surface area contributed by atoms with Gasteiger partial charge in [0, 0.05) is 5.54 Å². The van der Waals surface area contributed by atoms with Gasteiger partial charge in [-0.25, -0.2) is 13.2 Å². The number of primary amides is 1. The monoisotopic (exact) mass is 282 g/mol. The minimum atomic E-state index is -3.18. The van der Waals surface area contributed by atoms with Gasteiger partial charge in [-0.1, -0.05) is 0 Å². The van der Waals surface area contributed by atoms with E-state index in [4.69, 9.17) is 5.73 Å². The lowest BCUT2D eigenvalue weighted by molar-refractivity contribution is 0.235. The number of nitrogens with one attached hydrogen (secondary N) is 1. The summed E-state index contributed by atoms with van der Waals surface area (Å²) in [5.41, 5.74) is 4.55. The molecule has 0 aliphatic rings. The molecule has 0 radical (unpaired) electrons. The predicted octanol–water partition coefficient (Wildman–Crippen LogP) is 1.68. The maximum Gasteiger partial charge on any atom is 0.312 e. The molecule has 0 aliphatic heterocycles. The van der Waals surface area contributed by atoms with E-state index in [1.165, 1.54) is 0 Å². The number of rotatable bonds is 6. The van der Waals surface area contributed by atoms with E-state index in [-0.39, 0.29) is 0 Å². The smallest absolute Gasteiger partial charge is 0.312 e. The molecule has 2 amide bonds. The molecule has 0 aromatic rings. The first-order valence-electron chi connectivity index (χ1n) is 5.31. The van der Waals surface area contributed by atoms with Gasteiger partial charge in [0.2, 0.25) is 8.87 Å². The van der Waals surface area contributed by atoms with Crippen LogP contribution in [0.1, 0.15) is 40.5 Å². The standard InChI is InChI=1S/C10H22N2O3S2/c1-9(2,12-8(11)13)6-7-10(3,4)17(14,15)16-5/h6-7H2,1-5H3,(H3,11,12,13). The summed E-state index contributed by atoms with van der Waals surface area (Å²) < 4.78 is 22.8. The molecule has 17 heavy (non-hydrogen) atoms. The maximum atomic E-state index is 11.8. The zero-order chi connectivity index (χ0) is 13.9. The Morgan fingerprint density at radius 1 is 1.24 bits per heavy atom. The molecule has 0 atom stereocenters. The number of urea groups is 1. The number of nitrogens with two attached hydrogens (primary N) is 1. The average Bonchev–Trinajstić information content (AvgIpc) is 2.13. The third-order valence-electron chi connectivity index (χ3n) is 2.71. The average molecular weight is 282 g/mol. The van der Waals surface area contributed by atoms with E-state index in [1.807, 2.05) is 13.8 Å². The van der Waals surface area contributed by atoms with Crippen molar-refractivity contribution in [3.05, 3.63) is 0 Å². The van der Waals surface area contributed by atoms with Gasteiger partial charge in [0.25, 0.3) is 0 Å². The van der Waals surface area contributed by atoms with Gasteiger partial charge in [0.05, 0.1) is 4.75 Å². The topological polar surface area (TPSA) is 89.3 Å². The van der Waals surface area contributed by atoms with Gasteiger partial charge in [-0.05, 0) is 57.6 Å². The van der Waals surface area contributed by atoms with Crippen molar-refractivity contribution in [3.8, 4) is 0 Å². The van der Waals surface area contributed by atoms with E-state index in [0.717, 1.165) is 10.8 Å². The van der Waals surface area contributed by atoms with E-state index in [2.05, 4.69) is 5.32 Å². The maximum absolute atomic E-state index is 11.8. The fourth-order valence-electron chi connectivity index (χ4n) is 1.36. The summed E-state index contributed by atoms with van der Waals surface area (Å²) in [6.45, 7) is 7.03. The van der Waals surface area contributed by atoms with Crippen LogP contribution in [0.4, 0.5) is 4.79 Å². The van der Waals surface area contributed by atoms with Crippen LogP contribution in [-0.2, 0) is 8.87 Å². The van der Waals surface area contributed by atoms with Crippen LogP contribution in [0.25, 0.3) is 0 Å². The molecule has 0 aromatic carbocycles. The minimum absolute atomic E-state index is 0.462. The normalized spacial score (nSPS) is 13.5. The second kappa shape index (κ2) is 5.48.